The number of aromatic nitrogens is 2. The number of carbonyl (C=O) groups is 4. The minimum absolute atomic E-state index is 0.0194. The number of carboxylic acid groups (broad SMARTS) is 1. The van der Waals surface area contributed by atoms with E-state index in [1.165, 1.54) is 24.3 Å². The standard InChI is InChI=1S/C38H42F3N5O6/c1-21-17-26(34(49)50)13-15-28(21)24-9-5-22(6-10-24)18-31(33(48)43-27-14-16-29-30(19-27)46-35(45-29)38(39,40)41)44-32(47)25-11-7-23(8-12-25)20-42-36(51)52-37(2,3)4/h5-6,9-10,13-17,19,23,25,31H,7-8,11-12,18,20H2,1-4H3,(H,42,51)(H,43,48)(H,44,47)(H,45,46)(H,49,50)/t23-,25-,31-/m0/s1. The zero-order valence-electron chi connectivity index (χ0n) is 29.3. The lowest BCUT2D eigenvalue weighted by Gasteiger charge is -2.29. The summed E-state index contributed by atoms with van der Waals surface area (Å²) in [7, 11) is 0. The van der Waals surface area contributed by atoms with Gasteiger partial charge in [0.2, 0.25) is 17.6 Å². The Labute approximate surface area is 298 Å². The van der Waals surface area contributed by atoms with Gasteiger partial charge in [-0.3, -0.25) is 9.59 Å². The number of ether oxygens (including phenoxy) is 1. The largest absolute Gasteiger partial charge is 0.478 e. The number of halogens is 3. The molecule has 0 aliphatic heterocycles. The second-order valence-electron chi connectivity index (χ2n) is 14.2. The number of aryl methyl sites for hydroxylation is 1. The average Bonchev–Trinajstić information content (AvgIpc) is 3.51. The first-order chi connectivity index (χ1) is 24.4. The third-order valence-electron chi connectivity index (χ3n) is 8.98. The molecule has 3 amide bonds. The van der Waals surface area contributed by atoms with Gasteiger partial charge in [-0.15, -0.1) is 0 Å². The predicted octanol–water partition coefficient (Wildman–Crippen LogP) is 7.25. The molecule has 1 aromatic heterocycles. The average molecular weight is 722 g/mol. The Balaban J connectivity index is 1.29. The first-order valence-electron chi connectivity index (χ1n) is 17.0. The smallest absolute Gasteiger partial charge is 0.449 e. The highest BCUT2D eigenvalue weighted by Gasteiger charge is 2.35. The topological polar surface area (TPSA) is 163 Å². The normalized spacial score (nSPS) is 16.9. The van der Waals surface area contributed by atoms with Crippen molar-refractivity contribution in [1.29, 1.82) is 0 Å². The number of fused-ring (bicyclic) bond motifs is 1. The van der Waals surface area contributed by atoms with Crippen molar-refractivity contribution in [2.24, 2.45) is 11.8 Å². The number of hydrogen-bond donors (Lipinski definition) is 5. The van der Waals surface area contributed by atoms with Gasteiger partial charge in [-0.05, 0) is 112 Å². The van der Waals surface area contributed by atoms with E-state index < -0.39 is 41.6 Å². The summed E-state index contributed by atoms with van der Waals surface area (Å²) in [5.41, 5.74) is 3.16. The molecule has 0 spiro atoms. The van der Waals surface area contributed by atoms with Gasteiger partial charge < -0.3 is 30.8 Å². The Morgan fingerprint density at radius 2 is 1.65 bits per heavy atom. The number of carbonyl (C=O) groups excluding carboxylic acids is 3. The molecular weight excluding hydrogens is 679 g/mol. The highest BCUT2D eigenvalue weighted by atomic mass is 19.4. The zero-order valence-corrected chi connectivity index (χ0v) is 29.3. The molecule has 11 nitrogen and oxygen atoms in total. The van der Waals surface area contributed by atoms with Crippen molar-refractivity contribution in [3.05, 3.63) is 83.2 Å². The molecule has 1 saturated carbocycles. The van der Waals surface area contributed by atoms with Crippen LogP contribution in [0.5, 0.6) is 0 Å². The van der Waals surface area contributed by atoms with Crippen molar-refractivity contribution in [3.63, 3.8) is 0 Å². The van der Waals surface area contributed by atoms with Crippen LogP contribution in [0.2, 0.25) is 0 Å². The van der Waals surface area contributed by atoms with Crippen molar-refractivity contribution < 1.29 is 42.2 Å². The summed E-state index contributed by atoms with van der Waals surface area (Å²) in [5.74, 6) is -3.19. The fraction of sp³-hybridized carbons (Fsp3) is 0.395. The fourth-order valence-corrected chi connectivity index (χ4v) is 6.29. The number of nitrogens with one attached hydrogen (secondary N) is 4. The minimum Gasteiger partial charge on any atom is -0.478 e. The Bertz CT molecular complexity index is 1940. The molecule has 5 N–H and O–H groups in total. The highest BCUT2D eigenvalue weighted by molar-refractivity contribution is 5.99. The summed E-state index contributed by atoms with van der Waals surface area (Å²) in [6, 6.07) is 15.4. The lowest BCUT2D eigenvalue weighted by Crippen LogP contribution is -2.48. The molecular formula is C38H42F3N5O6. The van der Waals surface area contributed by atoms with Crippen LogP contribution < -0.4 is 16.0 Å². The molecule has 1 aliphatic carbocycles. The maximum absolute atomic E-state index is 13.7. The van der Waals surface area contributed by atoms with Gasteiger partial charge in [-0.2, -0.15) is 13.2 Å². The fourth-order valence-electron chi connectivity index (χ4n) is 6.29. The van der Waals surface area contributed by atoms with Crippen LogP contribution in [0, 0.1) is 18.8 Å². The van der Waals surface area contributed by atoms with Gasteiger partial charge in [-0.25, -0.2) is 14.6 Å². The zero-order chi connectivity index (χ0) is 37.8. The Kier molecular flexibility index (Phi) is 11.3. The van der Waals surface area contributed by atoms with Gasteiger partial charge in [0.15, 0.2) is 0 Å². The number of nitrogens with zero attached hydrogens (tertiary/aromatic N) is 1. The maximum Gasteiger partial charge on any atom is 0.449 e. The SMILES string of the molecule is Cc1cc(C(=O)O)ccc1-c1ccc(C[C@H](NC(=O)[C@H]2CC[C@H](CNC(=O)OC(C)(C)C)CC2)C(=O)Nc2ccc3[nH]c(C(F)(F)F)nc3c2)cc1. The predicted molar refractivity (Wildman–Crippen MR) is 189 cm³/mol. The Morgan fingerprint density at radius 3 is 2.27 bits per heavy atom. The van der Waals surface area contributed by atoms with E-state index in [1.807, 2.05) is 31.2 Å². The Morgan fingerprint density at radius 1 is 0.962 bits per heavy atom. The monoisotopic (exact) mass is 721 g/mol. The molecule has 5 rings (SSSR count). The number of carboxylic acids is 1. The van der Waals surface area contributed by atoms with Crippen LogP contribution in [0.3, 0.4) is 0 Å². The summed E-state index contributed by atoms with van der Waals surface area (Å²) < 4.78 is 44.9. The number of benzene rings is 3. The number of anilines is 1. The summed E-state index contributed by atoms with van der Waals surface area (Å²) in [4.78, 5) is 56.6. The molecule has 1 atom stereocenters. The summed E-state index contributed by atoms with van der Waals surface area (Å²) in [5, 5.41) is 17.7. The van der Waals surface area contributed by atoms with Gasteiger partial charge in [0.1, 0.15) is 11.6 Å². The lowest BCUT2D eigenvalue weighted by atomic mass is 9.81. The van der Waals surface area contributed by atoms with Crippen LogP contribution in [0.4, 0.5) is 23.7 Å². The van der Waals surface area contributed by atoms with Gasteiger partial charge in [0, 0.05) is 24.6 Å². The summed E-state index contributed by atoms with van der Waals surface area (Å²) in [6.45, 7) is 7.61. The molecule has 1 fully saturated rings. The number of alkyl carbamates (subject to hydrolysis) is 1. The van der Waals surface area contributed by atoms with E-state index in [0.717, 1.165) is 22.3 Å². The van der Waals surface area contributed by atoms with Crippen molar-refractivity contribution in [3.8, 4) is 11.1 Å². The molecule has 3 aromatic carbocycles. The van der Waals surface area contributed by atoms with E-state index in [4.69, 9.17) is 4.74 Å². The summed E-state index contributed by atoms with van der Waals surface area (Å²) >= 11 is 0. The first kappa shape index (κ1) is 37.8. The number of aromatic carboxylic acids is 1. The highest BCUT2D eigenvalue weighted by Crippen LogP contribution is 2.31. The molecule has 52 heavy (non-hydrogen) atoms. The molecule has 4 aromatic rings. The van der Waals surface area contributed by atoms with Crippen LogP contribution in [-0.2, 0) is 26.9 Å². The number of alkyl halides is 3. The molecule has 0 saturated heterocycles. The molecule has 276 valence electrons. The summed E-state index contributed by atoms with van der Waals surface area (Å²) in [6.07, 6.45) is -2.52. The van der Waals surface area contributed by atoms with Crippen molar-refractivity contribution in [2.45, 2.75) is 77.6 Å². The van der Waals surface area contributed by atoms with Gasteiger partial charge in [0.05, 0.1) is 16.6 Å². The molecule has 0 radical (unpaired) electrons. The number of amides is 3. The molecule has 0 bridgehead atoms. The number of aromatic amines is 1. The third-order valence-corrected chi connectivity index (χ3v) is 8.98. The molecule has 0 unspecified atom stereocenters. The lowest BCUT2D eigenvalue weighted by molar-refractivity contribution is -0.144. The number of H-pyrrole nitrogens is 1. The van der Waals surface area contributed by atoms with Gasteiger partial charge >= 0.3 is 18.2 Å². The quantitative estimate of drug-likeness (QED) is 0.115. The van der Waals surface area contributed by atoms with Crippen molar-refractivity contribution >= 4 is 40.6 Å². The Hall–Kier alpha value is -5.40. The van der Waals surface area contributed by atoms with Crippen LogP contribution in [0.15, 0.2) is 60.7 Å². The number of rotatable bonds is 10. The van der Waals surface area contributed by atoms with E-state index in [1.54, 1.807) is 32.9 Å². The van der Waals surface area contributed by atoms with Gasteiger partial charge in [-0.1, -0.05) is 30.3 Å². The van der Waals surface area contributed by atoms with E-state index in [2.05, 4.69) is 25.9 Å². The van der Waals surface area contributed by atoms with Gasteiger partial charge in [0.25, 0.3) is 0 Å². The van der Waals surface area contributed by atoms with Crippen LogP contribution in [-0.4, -0.2) is 57.1 Å². The van der Waals surface area contributed by atoms with E-state index in [0.29, 0.717) is 32.2 Å². The third kappa shape index (κ3) is 9.89. The maximum atomic E-state index is 13.7. The van der Waals surface area contributed by atoms with E-state index >= 15 is 0 Å². The second-order valence-corrected chi connectivity index (χ2v) is 14.2. The van der Waals surface area contributed by atoms with Crippen molar-refractivity contribution in [1.82, 2.24) is 20.6 Å². The first-order valence-corrected chi connectivity index (χ1v) is 17.0. The van der Waals surface area contributed by atoms with E-state index in [-0.39, 0.29) is 46.4 Å². The number of hydrogen-bond acceptors (Lipinski definition) is 6. The van der Waals surface area contributed by atoms with E-state index in [9.17, 15) is 37.5 Å². The van der Waals surface area contributed by atoms with Crippen molar-refractivity contribution in [2.75, 3.05) is 11.9 Å². The molecule has 14 heteroatoms. The van der Waals surface area contributed by atoms with Crippen LogP contribution in [0.1, 0.15) is 73.8 Å². The second kappa shape index (κ2) is 15.5. The molecule has 1 aliphatic rings. The van der Waals surface area contributed by atoms with Crippen LogP contribution >= 0.6 is 0 Å². The molecule has 1 heterocycles. The number of imidazole rings is 1. The van der Waals surface area contributed by atoms with Crippen LogP contribution in [0.25, 0.3) is 22.2 Å². The minimum atomic E-state index is -4.66.